The van der Waals surface area contributed by atoms with Crippen LogP contribution in [-0.4, -0.2) is 48.2 Å². The van der Waals surface area contributed by atoms with E-state index in [0.29, 0.717) is 29.2 Å². The molecule has 1 atom stereocenters. The second kappa shape index (κ2) is 10.7. The highest BCUT2D eigenvalue weighted by atomic mass is 16.1. The molecule has 164 valence electrons. The molecule has 7 nitrogen and oxygen atoms in total. The Morgan fingerprint density at radius 1 is 1.23 bits per heavy atom. The van der Waals surface area contributed by atoms with E-state index in [9.17, 15) is 9.59 Å². The average molecular weight is 422 g/mol. The summed E-state index contributed by atoms with van der Waals surface area (Å²) < 4.78 is 0. The number of aldehydes is 1. The van der Waals surface area contributed by atoms with Crippen LogP contribution in [0.4, 0.5) is 11.5 Å². The summed E-state index contributed by atoms with van der Waals surface area (Å²) in [5.74, 6) is 0.843. The lowest BCUT2D eigenvalue weighted by atomic mass is 10.0. The van der Waals surface area contributed by atoms with E-state index >= 15 is 0 Å². The molecule has 3 rings (SSSR count). The Kier molecular flexibility index (Phi) is 7.76. The van der Waals surface area contributed by atoms with Gasteiger partial charge in [0.2, 0.25) is 0 Å². The van der Waals surface area contributed by atoms with Crippen LogP contribution in [0.25, 0.3) is 5.57 Å². The van der Waals surface area contributed by atoms with E-state index in [1.807, 2.05) is 32.2 Å². The van der Waals surface area contributed by atoms with Crippen molar-refractivity contribution in [1.82, 2.24) is 15.3 Å². The Morgan fingerprint density at radius 2 is 1.94 bits per heavy atom. The van der Waals surface area contributed by atoms with E-state index < -0.39 is 0 Å². The van der Waals surface area contributed by atoms with Gasteiger partial charge in [-0.25, -0.2) is 9.97 Å². The third-order valence-electron chi connectivity index (χ3n) is 5.74. The number of anilines is 2. The number of carbonyl (C=O) groups excluding carboxylic acids is 2. The Hall–Kier alpha value is -3.22. The van der Waals surface area contributed by atoms with Crippen LogP contribution in [0.2, 0.25) is 0 Å². The minimum Gasteiger partial charge on any atom is -0.393 e. The van der Waals surface area contributed by atoms with E-state index in [1.54, 1.807) is 31.6 Å². The van der Waals surface area contributed by atoms with Crippen molar-refractivity contribution in [3.8, 4) is 0 Å². The minimum atomic E-state index is -0.278. The van der Waals surface area contributed by atoms with Crippen LogP contribution in [0, 0.1) is 0 Å². The summed E-state index contributed by atoms with van der Waals surface area (Å²) in [6, 6.07) is 9.05. The van der Waals surface area contributed by atoms with Gasteiger partial charge in [-0.1, -0.05) is 50.1 Å². The van der Waals surface area contributed by atoms with E-state index in [4.69, 9.17) is 4.98 Å². The summed E-state index contributed by atoms with van der Waals surface area (Å²) in [7, 11) is 3.56. The highest BCUT2D eigenvalue weighted by Gasteiger charge is 2.31. The minimum absolute atomic E-state index is 0.159. The topological polar surface area (TPSA) is 87.2 Å². The molecule has 1 heterocycles. The fourth-order valence-electron chi connectivity index (χ4n) is 4.14. The molecule has 0 radical (unpaired) electrons. The van der Waals surface area contributed by atoms with Crippen LogP contribution in [-0.2, 0) is 4.79 Å². The molecule has 1 aliphatic carbocycles. The van der Waals surface area contributed by atoms with Gasteiger partial charge < -0.3 is 20.3 Å². The number of allylic oxidation sites excluding steroid dienone is 1. The molecule has 0 aliphatic heterocycles. The maximum atomic E-state index is 13.2. The van der Waals surface area contributed by atoms with Crippen LogP contribution < -0.4 is 15.5 Å². The summed E-state index contributed by atoms with van der Waals surface area (Å²) in [5.41, 5.74) is 1.69. The van der Waals surface area contributed by atoms with Crippen molar-refractivity contribution in [3.05, 3.63) is 54.1 Å². The molecule has 0 saturated heterocycles. The van der Waals surface area contributed by atoms with Gasteiger partial charge in [-0.3, -0.25) is 4.79 Å². The molecule has 31 heavy (non-hydrogen) atoms. The van der Waals surface area contributed by atoms with E-state index in [0.717, 1.165) is 37.7 Å². The molecular weight excluding hydrogens is 390 g/mol. The summed E-state index contributed by atoms with van der Waals surface area (Å²) in [6.07, 6.45) is 9.33. The number of Topliss-reactive ketones (excluding diaryl/α,β-unsaturated/α-hetero) is 1. The summed E-state index contributed by atoms with van der Waals surface area (Å²) in [5, 5.41) is 6.11. The van der Waals surface area contributed by atoms with Crippen molar-refractivity contribution in [3.63, 3.8) is 0 Å². The van der Waals surface area contributed by atoms with Gasteiger partial charge in [0, 0.05) is 31.9 Å². The zero-order chi connectivity index (χ0) is 22.2. The number of hydrogen-bond acceptors (Lipinski definition) is 7. The standard InChI is InChI=1S/C24H31N5O2/c1-4-18(16-30)29(19-12-8-9-13-19)24-21(26-3)15-27-23(28-24)20(14-25-2)22(31)17-10-6-5-7-11-17/h5-7,10-11,14-16,18-19,25-26H,4,8-9,12-13H2,1-3H3/b20-14+/t18-/m1/s1. The van der Waals surface area contributed by atoms with E-state index in [2.05, 4.69) is 20.5 Å². The molecule has 1 fully saturated rings. The van der Waals surface area contributed by atoms with Crippen molar-refractivity contribution in [1.29, 1.82) is 0 Å². The second-order valence-electron chi connectivity index (χ2n) is 7.68. The van der Waals surface area contributed by atoms with Crippen LogP contribution in [0.3, 0.4) is 0 Å². The lowest BCUT2D eigenvalue weighted by Gasteiger charge is -2.35. The molecule has 1 aromatic carbocycles. The van der Waals surface area contributed by atoms with Gasteiger partial charge in [0.1, 0.15) is 6.29 Å². The number of rotatable bonds is 10. The quantitative estimate of drug-likeness (QED) is 0.344. The van der Waals surface area contributed by atoms with Crippen LogP contribution in [0.5, 0.6) is 0 Å². The van der Waals surface area contributed by atoms with Gasteiger partial charge in [0.25, 0.3) is 0 Å². The first-order valence-electron chi connectivity index (χ1n) is 10.9. The van der Waals surface area contributed by atoms with Gasteiger partial charge in [0.15, 0.2) is 17.4 Å². The molecule has 1 aromatic heterocycles. The fourth-order valence-corrected chi connectivity index (χ4v) is 4.14. The first-order valence-corrected chi connectivity index (χ1v) is 10.9. The highest BCUT2D eigenvalue weighted by molar-refractivity contribution is 6.28. The summed E-state index contributed by atoms with van der Waals surface area (Å²) in [4.78, 5) is 36.6. The number of hydrogen-bond donors (Lipinski definition) is 2. The average Bonchev–Trinajstić information content (AvgIpc) is 3.35. The van der Waals surface area contributed by atoms with Crippen molar-refractivity contribution in [2.24, 2.45) is 0 Å². The smallest absolute Gasteiger partial charge is 0.198 e. The third-order valence-corrected chi connectivity index (χ3v) is 5.74. The van der Waals surface area contributed by atoms with Gasteiger partial charge >= 0.3 is 0 Å². The molecule has 1 aliphatic rings. The Morgan fingerprint density at radius 3 is 2.52 bits per heavy atom. The number of carbonyl (C=O) groups is 2. The maximum Gasteiger partial charge on any atom is 0.198 e. The number of nitrogens with zero attached hydrogens (tertiary/aromatic N) is 3. The molecule has 0 bridgehead atoms. The van der Waals surface area contributed by atoms with E-state index in [-0.39, 0.29) is 17.9 Å². The number of ketones is 1. The Balaban J connectivity index is 2.10. The normalized spacial score (nSPS) is 15.4. The van der Waals surface area contributed by atoms with Crippen molar-refractivity contribution in [2.45, 2.75) is 51.1 Å². The third kappa shape index (κ3) is 4.93. The van der Waals surface area contributed by atoms with Gasteiger partial charge in [-0.2, -0.15) is 0 Å². The molecule has 0 unspecified atom stereocenters. The van der Waals surface area contributed by atoms with Gasteiger partial charge in [0.05, 0.1) is 23.5 Å². The van der Waals surface area contributed by atoms with Crippen LogP contribution in [0.15, 0.2) is 42.7 Å². The molecule has 2 N–H and O–H groups in total. The summed E-state index contributed by atoms with van der Waals surface area (Å²) in [6.45, 7) is 2.01. The number of nitrogens with one attached hydrogen (secondary N) is 2. The van der Waals surface area contributed by atoms with Crippen molar-refractivity contribution >= 4 is 29.1 Å². The zero-order valence-electron chi connectivity index (χ0n) is 18.5. The molecular formula is C24H31N5O2. The molecule has 7 heteroatoms. The van der Waals surface area contributed by atoms with Gasteiger partial charge in [-0.05, 0) is 19.3 Å². The van der Waals surface area contributed by atoms with Crippen LogP contribution in [0.1, 0.15) is 55.2 Å². The molecule has 0 amide bonds. The van der Waals surface area contributed by atoms with Crippen molar-refractivity contribution in [2.75, 3.05) is 24.3 Å². The fraction of sp³-hybridized carbons (Fsp3) is 0.417. The SMILES string of the molecule is CC[C@H](C=O)N(c1nc(/C(=C/NC)C(=O)c2ccccc2)ncc1NC)C1CCCC1. The number of aromatic nitrogens is 2. The summed E-state index contributed by atoms with van der Waals surface area (Å²) >= 11 is 0. The first-order chi connectivity index (χ1) is 15.1. The Bertz CT molecular complexity index is 923. The van der Waals surface area contributed by atoms with Gasteiger partial charge in [-0.15, -0.1) is 0 Å². The second-order valence-corrected chi connectivity index (χ2v) is 7.68. The zero-order valence-corrected chi connectivity index (χ0v) is 18.5. The highest BCUT2D eigenvalue weighted by Crippen LogP contribution is 2.34. The number of benzene rings is 1. The Labute approximate surface area is 184 Å². The van der Waals surface area contributed by atoms with Crippen molar-refractivity contribution < 1.29 is 9.59 Å². The predicted molar refractivity (Wildman–Crippen MR) is 124 cm³/mol. The monoisotopic (exact) mass is 421 g/mol. The predicted octanol–water partition coefficient (Wildman–Crippen LogP) is 3.69. The molecule has 2 aromatic rings. The molecule has 1 saturated carbocycles. The largest absolute Gasteiger partial charge is 0.393 e. The molecule has 0 spiro atoms. The van der Waals surface area contributed by atoms with E-state index in [1.165, 1.54) is 0 Å². The lowest BCUT2D eigenvalue weighted by molar-refractivity contribution is -0.109. The first kappa shape index (κ1) is 22.5. The lowest BCUT2D eigenvalue weighted by Crippen LogP contribution is -2.44. The maximum absolute atomic E-state index is 13.2. The van der Waals surface area contributed by atoms with Crippen LogP contribution >= 0.6 is 0 Å².